The SMILES string of the molecule is CCC1=CC(B2OCC(C)(C)CO2)=CC(Cl)C1(C)S(=O)(=O)n1ccc2cc[nH]c(=O)c21. The Balaban J connectivity index is 1.77. The number of halogens is 1. The largest absolute Gasteiger partial charge is 0.493 e. The van der Waals surface area contributed by atoms with Crippen LogP contribution >= 0.6 is 11.6 Å². The number of pyridine rings is 1. The minimum atomic E-state index is -4.08. The van der Waals surface area contributed by atoms with E-state index >= 15 is 0 Å². The average Bonchev–Trinajstić information content (AvgIpc) is 3.16. The molecule has 1 N–H and O–H groups in total. The fourth-order valence-electron chi connectivity index (χ4n) is 4.16. The molecule has 31 heavy (non-hydrogen) atoms. The molecule has 1 saturated heterocycles. The van der Waals surface area contributed by atoms with Crippen LogP contribution < -0.4 is 5.56 Å². The predicted octanol–water partition coefficient (Wildman–Crippen LogP) is 3.25. The number of aromatic nitrogens is 2. The molecule has 2 unspecified atom stereocenters. The Morgan fingerprint density at radius 2 is 1.94 bits per heavy atom. The van der Waals surface area contributed by atoms with Crippen molar-refractivity contribution in [2.24, 2.45) is 5.41 Å². The lowest BCUT2D eigenvalue weighted by molar-refractivity contribution is 0.0325. The molecule has 3 heterocycles. The normalized spacial score (nSPS) is 26.6. The first kappa shape index (κ1) is 22.4. The zero-order valence-electron chi connectivity index (χ0n) is 18.0. The second-order valence-corrected chi connectivity index (χ2v) is 11.7. The summed E-state index contributed by atoms with van der Waals surface area (Å²) in [5.41, 5.74) is 0.885. The summed E-state index contributed by atoms with van der Waals surface area (Å²) in [5.74, 6) is 0. The highest BCUT2D eigenvalue weighted by Gasteiger charge is 2.51. The molecular formula is C21H26BClN2O5S. The third-order valence-electron chi connectivity index (χ3n) is 6.12. The molecule has 0 aromatic carbocycles. The lowest BCUT2D eigenvalue weighted by Gasteiger charge is -2.39. The van der Waals surface area contributed by atoms with Gasteiger partial charge in [-0.05, 0) is 36.5 Å². The van der Waals surface area contributed by atoms with Gasteiger partial charge >= 0.3 is 7.12 Å². The highest BCUT2D eigenvalue weighted by molar-refractivity contribution is 7.91. The molecule has 0 spiro atoms. The van der Waals surface area contributed by atoms with Crippen LogP contribution in [0.1, 0.15) is 34.1 Å². The summed E-state index contributed by atoms with van der Waals surface area (Å²) in [6.45, 7) is 8.68. The molecule has 10 heteroatoms. The van der Waals surface area contributed by atoms with Gasteiger partial charge in [0.15, 0.2) is 0 Å². The molecule has 2 aromatic heterocycles. The molecule has 7 nitrogen and oxygen atoms in total. The summed E-state index contributed by atoms with van der Waals surface area (Å²) >= 11 is 6.75. The van der Waals surface area contributed by atoms with Crippen molar-refractivity contribution in [3.05, 3.63) is 58.1 Å². The first-order chi connectivity index (χ1) is 14.5. The van der Waals surface area contributed by atoms with Crippen LogP contribution in [0, 0.1) is 5.41 Å². The van der Waals surface area contributed by atoms with Gasteiger partial charge in [0.25, 0.3) is 5.56 Å². The average molecular weight is 465 g/mol. The topological polar surface area (TPSA) is 90.4 Å². The fourth-order valence-corrected chi connectivity index (χ4v) is 6.73. The summed E-state index contributed by atoms with van der Waals surface area (Å²) < 4.78 is 39.1. The highest BCUT2D eigenvalue weighted by atomic mass is 35.5. The molecule has 0 amide bonds. The van der Waals surface area contributed by atoms with E-state index in [4.69, 9.17) is 20.9 Å². The number of nitrogens with zero attached hydrogens (tertiary/aromatic N) is 1. The number of nitrogens with one attached hydrogen (secondary N) is 1. The van der Waals surface area contributed by atoms with Crippen molar-refractivity contribution in [2.45, 2.75) is 44.2 Å². The Morgan fingerprint density at radius 3 is 2.58 bits per heavy atom. The van der Waals surface area contributed by atoms with E-state index < -0.39 is 32.8 Å². The van der Waals surface area contributed by atoms with Crippen LogP contribution in [0.4, 0.5) is 0 Å². The van der Waals surface area contributed by atoms with Gasteiger partial charge in [-0.1, -0.05) is 32.9 Å². The minimum Gasteiger partial charge on any atom is -0.407 e. The van der Waals surface area contributed by atoms with Crippen molar-refractivity contribution in [3.8, 4) is 0 Å². The summed E-state index contributed by atoms with van der Waals surface area (Å²) in [5, 5.41) is -0.336. The van der Waals surface area contributed by atoms with Gasteiger partial charge in [0.2, 0.25) is 10.0 Å². The van der Waals surface area contributed by atoms with E-state index in [1.54, 1.807) is 25.1 Å². The van der Waals surface area contributed by atoms with E-state index in [1.807, 2.05) is 13.0 Å². The van der Waals surface area contributed by atoms with Gasteiger partial charge in [-0.25, -0.2) is 12.4 Å². The van der Waals surface area contributed by atoms with E-state index in [2.05, 4.69) is 18.8 Å². The van der Waals surface area contributed by atoms with Crippen LogP contribution in [0.3, 0.4) is 0 Å². The third kappa shape index (κ3) is 3.51. The van der Waals surface area contributed by atoms with Gasteiger partial charge in [-0.15, -0.1) is 11.6 Å². The molecular weight excluding hydrogens is 439 g/mol. The minimum absolute atomic E-state index is 0.0796. The lowest BCUT2D eigenvalue weighted by Crippen LogP contribution is -2.50. The molecule has 1 aliphatic carbocycles. The van der Waals surface area contributed by atoms with Gasteiger partial charge < -0.3 is 14.3 Å². The zero-order valence-corrected chi connectivity index (χ0v) is 19.6. The van der Waals surface area contributed by atoms with Crippen molar-refractivity contribution in [2.75, 3.05) is 13.2 Å². The molecule has 166 valence electrons. The Kier molecular flexibility index (Phi) is 5.53. The molecule has 2 aromatic rings. The van der Waals surface area contributed by atoms with Crippen molar-refractivity contribution in [1.29, 1.82) is 0 Å². The number of alkyl halides is 1. The van der Waals surface area contributed by atoms with Crippen LogP contribution in [0.2, 0.25) is 0 Å². The van der Waals surface area contributed by atoms with Gasteiger partial charge in [-0.2, -0.15) is 0 Å². The number of aromatic amines is 1. The van der Waals surface area contributed by atoms with Crippen LogP contribution in [-0.2, 0) is 19.3 Å². The first-order valence-corrected chi connectivity index (χ1v) is 12.1. The standard InChI is InChI=1S/C21H26BClN2O5S/c1-5-15-10-16(22-29-12-20(2,3)13-30-22)11-17(23)21(15,4)31(27,28)25-9-7-14-6-8-24-19(26)18(14)25/h6-11,17H,5,12-13H2,1-4H3,(H,24,26). The van der Waals surface area contributed by atoms with Crippen LogP contribution in [0.25, 0.3) is 10.9 Å². The van der Waals surface area contributed by atoms with E-state index in [-0.39, 0.29) is 10.9 Å². The Hall–Kier alpha value is -1.81. The predicted molar refractivity (Wildman–Crippen MR) is 123 cm³/mol. The van der Waals surface area contributed by atoms with Crippen molar-refractivity contribution in [3.63, 3.8) is 0 Å². The monoisotopic (exact) mass is 464 g/mol. The fraction of sp³-hybridized carbons (Fsp3) is 0.476. The van der Waals surface area contributed by atoms with Crippen LogP contribution in [0.5, 0.6) is 0 Å². The van der Waals surface area contributed by atoms with E-state index in [1.165, 1.54) is 12.4 Å². The number of allylic oxidation sites excluding steroid dienone is 3. The number of hydrogen-bond acceptors (Lipinski definition) is 5. The van der Waals surface area contributed by atoms with Gasteiger partial charge in [0.1, 0.15) is 10.3 Å². The van der Waals surface area contributed by atoms with Crippen LogP contribution in [0.15, 0.2) is 52.5 Å². The smallest absolute Gasteiger partial charge is 0.407 e. The molecule has 4 rings (SSSR count). The second kappa shape index (κ2) is 7.65. The summed E-state index contributed by atoms with van der Waals surface area (Å²) in [7, 11) is -4.67. The first-order valence-electron chi connectivity index (χ1n) is 10.3. The van der Waals surface area contributed by atoms with E-state index in [0.717, 1.165) is 9.44 Å². The lowest BCUT2D eigenvalue weighted by atomic mass is 9.70. The molecule has 0 saturated carbocycles. The zero-order chi connectivity index (χ0) is 22.6. The van der Waals surface area contributed by atoms with Gasteiger partial charge in [0, 0.05) is 36.4 Å². The van der Waals surface area contributed by atoms with Gasteiger partial charge in [0.05, 0.1) is 5.38 Å². The van der Waals surface area contributed by atoms with Crippen LogP contribution in [-0.4, -0.2) is 47.8 Å². The second-order valence-electron chi connectivity index (χ2n) is 9.04. The number of rotatable bonds is 4. The maximum atomic E-state index is 13.9. The molecule has 0 bridgehead atoms. The Bertz CT molecular complexity index is 1240. The molecule has 2 atom stereocenters. The van der Waals surface area contributed by atoms with Crippen molar-refractivity contribution < 1.29 is 17.7 Å². The van der Waals surface area contributed by atoms with Gasteiger partial charge in [-0.3, -0.25) is 4.79 Å². The Morgan fingerprint density at radius 1 is 1.26 bits per heavy atom. The summed E-state index contributed by atoms with van der Waals surface area (Å²) in [6, 6.07) is 3.28. The number of H-pyrrole nitrogens is 1. The molecule has 0 radical (unpaired) electrons. The molecule has 1 aliphatic heterocycles. The maximum absolute atomic E-state index is 13.9. The van der Waals surface area contributed by atoms with Crippen molar-refractivity contribution >= 4 is 39.6 Å². The van der Waals surface area contributed by atoms with E-state index in [0.29, 0.717) is 30.6 Å². The number of hydrogen-bond donors (Lipinski definition) is 1. The molecule has 2 aliphatic rings. The quantitative estimate of drug-likeness (QED) is 0.554. The van der Waals surface area contributed by atoms with E-state index in [9.17, 15) is 13.2 Å². The van der Waals surface area contributed by atoms with Crippen molar-refractivity contribution in [1.82, 2.24) is 8.96 Å². The summed E-state index contributed by atoms with van der Waals surface area (Å²) in [4.78, 5) is 15.0. The molecule has 1 fully saturated rings. The highest BCUT2D eigenvalue weighted by Crippen LogP contribution is 2.42. The maximum Gasteiger partial charge on any atom is 0.493 e. The third-order valence-corrected chi connectivity index (χ3v) is 9.22. The Labute approximate surface area is 187 Å². The summed E-state index contributed by atoms with van der Waals surface area (Å²) in [6.07, 6.45) is 6.87. The number of fused-ring (bicyclic) bond motifs is 1.